The third kappa shape index (κ3) is 3.37. The number of carbonyl (C=O) groups is 2. The SMILES string of the molecule is CN(C(=O)NCC(=O)O)c1ncnc2c1ncn2C1CCC(CO)O1. The van der Waals surface area contributed by atoms with Crippen LogP contribution >= 0.6 is 0 Å². The number of carbonyl (C=O) groups excluding carboxylic acids is 1. The topological polar surface area (TPSA) is 143 Å². The molecular weight excluding hydrogens is 332 g/mol. The van der Waals surface area contributed by atoms with E-state index in [0.717, 1.165) is 6.42 Å². The van der Waals surface area contributed by atoms with E-state index in [0.29, 0.717) is 17.6 Å². The number of hydrogen-bond donors (Lipinski definition) is 3. The summed E-state index contributed by atoms with van der Waals surface area (Å²) < 4.78 is 7.47. The highest BCUT2D eigenvalue weighted by Gasteiger charge is 2.28. The van der Waals surface area contributed by atoms with Crippen LogP contribution in [0.25, 0.3) is 11.2 Å². The lowest BCUT2D eigenvalue weighted by Crippen LogP contribution is -2.40. The first-order chi connectivity index (χ1) is 12.0. The first kappa shape index (κ1) is 17.0. The molecule has 0 radical (unpaired) electrons. The Morgan fingerprint density at radius 3 is 2.88 bits per heavy atom. The van der Waals surface area contributed by atoms with Crippen molar-refractivity contribution in [3.63, 3.8) is 0 Å². The molecule has 25 heavy (non-hydrogen) atoms. The number of hydrogen-bond acceptors (Lipinski definition) is 7. The molecule has 3 N–H and O–H groups in total. The Hall–Kier alpha value is -2.79. The first-order valence-electron chi connectivity index (χ1n) is 7.68. The monoisotopic (exact) mass is 350 g/mol. The van der Waals surface area contributed by atoms with Crippen molar-refractivity contribution in [3.05, 3.63) is 12.7 Å². The van der Waals surface area contributed by atoms with Gasteiger partial charge in [0.05, 0.1) is 19.0 Å². The quantitative estimate of drug-likeness (QED) is 0.668. The largest absolute Gasteiger partial charge is 0.480 e. The number of nitrogens with zero attached hydrogens (tertiary/aromatic N) is 5. The molecule has 1 aliphatic rings. The molecule has 1 fully saturated rings. The summed E-state index contributed by atoms with van der Waals surface area (Å²) in [6.07, 6.45) is 3.79. The Morgan fingerprint density at radius 1 is 1.40 bits per heavy atom. The second kappa shape index (κ2) is 6.99. The zero-order chi connectivity index (χ0) is 18.0. The van der Waals surface area contributed by atoms with Crippen LogP contribution in [0.5, 0.6) is 0 Å². The molecule has 134 valence electrons. The molecule has 3 heterocycles. The Labute approximate surface area is 142 Å². The minimum absolute atomic E-state index is 0.0458. The Bertz CT molecular complexity index is 793. The molecule has 0 bridgehead atoms. The van der Waals surface area contributed by atoms with Gasteiger partial charge < -0.3 is 20.3 Å². The number of anilines is 1. The number of aromatic nitrogens is 4. The van der Waals surface area contributed by atoms with E-state index in [1.54, 1.807) is 10.9 Å². The molecule has 3 rings (SSSR count). The number of nitrogens with one attached hydrogen (secondary N) is 1. The van der Waals surface area contributed by atoms with Crippen LogP contribution in [0.3, 0.4) is 0 Å². The highest BCUT2D eigenvalue weighted by atomic mass is 16.5. The predicted molar refractivity (Wildman–Crippen MR) is 85.0 cm³/mol. The summed E-state index contributed by atoms with van der Waals surface area (Å²) in [5, 5.41) is 20.1. The van der Waals surface area contributed by atoms with Gasteiger partial charge in [0.2, 0.25) is 0 Å². The maximum atomic E-state index is 12.0. The van der Waals surface area contributed by atoms with Crippen LogP contribution in [0.1, 0.15) is 19.1 Å². The molecule has 2 aromatic rings. The molecule has 2 atom stereocenters. The number of aliphatic carboxylic acids is 1. The number of aliphatic hydroxyl groups is 1. The second-order valence-corrected chi connectivity index (χ2v) is 5.61. The molecule has 0 saturated carbocycles. The third-order valence-electron chi connectivity index (χ3n) is 3.95. The standard InChI is InChI=1S/C14H18N6O5/c1-19(14(24)15-4-10(22)23)12-11-13(17-6-16-12)20(7-18-11)9-3-2-8(5-21)25-9/h6-9,21H,2-5H2,1H3,(H,15,24)(H,22,23). The maximum Gasteiger partial charge on any atom is 0.323 e. The second-order valence-electron chi connectivity index (χ2n) is 5.61. The molecule has 0 aliphatic carbocycles. The zero-order valence-corrected chi connectivity index (χ0v) is 13.5. The summed E-state index contributed by atoms with van der Waals surface area (Å²) in [5.41, 5.74) is 0.887. The van der Waals surface area contributed by atoms with Crippen LogP contribution in [0.2, 0.25) is 0 Å². The van der Waals surface area contributed by atoms with E-state index in [1.165, 1.54) is 18.3 Å². The smallest absolute Gasteiger partial charge is 0.323 e. The molecule has 11 heteroatoms. The summed E-state index contributed by atoms with van der Waals surface area (Å²) in [5.74, 6) is -0.890. The molecule has 2 unspecified atom stereocenters. The van der Waals surface area contributed by atoms with Crippen molar-refractivity contribution < 1.29 is 24.5 Å². The summed E-state index contributed by atoms with van der Waals surface area (Å²) in [6.45, 7) is -0.542. The highest BCUT2D eigenvalue weighted by Crippen LogP contribution is 2.31. The predicted octanol–water partition coefficient (Wildman–Crippen LogP) is -0.273. The van der Waals surface area contributed by atoms with Gasteiger partial charge in [-0.05, 0) is 12.8 Å². The minimum Gasteiger partial charge on any atom is -0.480 e. The number of carboxylic acid groups (broad SMARTS) is 1. The number of urea groups is 1. The Kier molecular flexibility index (Phi) is 4.76. The summed E-state index contributed by atoms with van der Waals surface area (Å²) >= 11 is 0. The third-order valence-corrected chi connectivity index (χ3v) is 3.95. The summed E-state index contributed by atoms with van der Waals surface area (Å²) in [6, 6.07) is -0.616. The zero-order valence-electron chi connectivity index (χ0n) is 13.5. The van der Waals surface area contributed by atoms with Crippen molar-refractivity contribution in [1.82, 2.24) is 24.8 Å². The van der Waals surface area contributed by atoms with Crippen LogP contribution in [0.15, 0.2) is 12.7 Å². The fourth-order valence-electron chi connectivity index (χ4n) is 2.69. The maximum absolute atomic E-state index is 12.0. The molecule has 2 aromatic heterocycles. The lowest BCUT2D eigenvalue weighted by atomic mass is 10.2. The number of carboxylic acids is 1. The van der Waals surface area contributed by atoms with Gasteiger partial charge >= 0.3 is 12.0 Å². The van der Waals surface area contributed by atoms with E-state index in [4.69, 9.17) is 9.84 Å². The van der Waals surface area contributed by atoms with Gasteiger partial charge in [0.25, 0.3) is 0 Å². The summed E-state index contributed by atoms with van der Waals surface area (Å²) in [4.78, 5) is 36.3. The van der Waals surface area contributed by atoms with Crippen LogP contribution in [0.4, 0.5) is 10.6 Å². The van der Waals surface area contributed by atoms with Gasteiger partial charge in [0.1, 0.15) is 19.1 Å². The fraction of sp³-hybridized carbons (Fsp3) is 0.500. The van der Waals surface area contributed by atoms with Crippen LogP contribution < -0.4 is 10.2 Å². The van der Waals surface area contributed by atoms with Gasteiger partial charge in [0.15, 0.2) is 17.0 Å². The van der Waals surface area contributed by atoms with E-state index in [1.807, 2.05) is 0 Å². The molecule has 11 nitrogen and oxygen atoms in total. The van der Waals surface area contributed by atoms with Crippen molar-refractivity contribution in [2.24, 2.45) is 0 Å². The Morgan fingerprint density at radius 2 is 2.20 bits per heavy atom. The Balaban J connectivity index is 1.86. The number of rotatable bonds is 5. The lowest BCUT2D eigenvalue weighted by molar-refractivity contribution is -0.135. The molecule has 1 aliphatic heterocycles. The molecule has 1 saturated heterocycles. The van der Waals surface area contributed by atoms with Crippen molar-refractivity contribution in [2.45, 2.75) is 25.2 Å². The highest BCUT2D eigenvalue weighted by molar-refractivity contribution is 5.98. The molecular formula is C14H18N6O5. The van der Waals surface area contributed by atoms with Crippen molar-refractivity contribution in [3.8, 4) is 0 Å². The number of ether oxygens (including phenoxy) is 1. The lowest BCUT2D eigenvalue weighted by Gasteiger charge is -2.17. The van der Waals surface area contributed by atoms with E-state index >= 15 is 0 Å². The van der Waals surface area contributed by atoms with E-state index < -0.39 is 18.5 Å². The van der Waals surface area contributed by atoms with E-state index in [2.05, 4.69) is 20.3 Å². The van der Waals surface area contributed by atoms with Crippen LogP contribution in [0, 0.1) is 0 Å². The molecule has 2 amide bonds. The number of fused-ring (bicyclic) bond motifs is 1. The minimum atomic E-state index is -1.14. The van der Waals surface area contributed by atoms with Crippen molar-refractivity contribution >= 4 is 29.0 Å². The van der Waals surface area contributed by atoms with Crippen molar-refractivity contribution in [2.75, 3.05) is 25.1 Å². The van der Waals surface area contributed by atoms with Gasteiger partial charge in [-0.3, -0.25) is 14.3 Å². The molecule has 0 aromatic carbocycles. The summed E-state index contributed by atoms with van der Waals surface area (Å²) in [7, 11) is 1.46. The van der Waals surface area contributed by atoms with Crippen LogP contribution in [-0.4, -0.2) is 68.0 Å². The first-order valence-corrected chi connectivity index (χ1v) is 7.68. The number of imidazole rings is 1. The molecule has 0 spiro atoms. The van der Waals surface area contributed by atoms with Crippen molar-refractivity contribution in [1.29, 1.82) is 0 Å². The normalized spacial score (nSPS) is 19.9. The number of aliphatic hydroxyl groups excluding tert-OH is 1. The van der Waals surface area contributed by atoms with Gasteiger partial charge in [0, 0.05) is 7.05 Å². The van der Waals surface area contributed by atoms with Crippen LogP contribution in [-0.2, 0) is 9.53 Å². The average Bonchev–Trinajstić information content (AvgIpc) is 3.24. The number of amides is 2. The average molecular weight is 350 g/mol. The van der Waals surface area contributed by atoms with E-state index in [-0.39, 0.29) is 24.8 Å². The van der Waals surface area contributed by atoms with Gasteiger partial charge in [-0.2, -0.15) is 0 Å². The van der Waals surface area contributed by atoms with E-state index in [9.17, 15) is 14.7 Å². The van der Waals surface area contributed by atoms with Gasteiger partial charge in [-0.15, -0.1) is 0 Å². The fourth-order valence-corrected chi connectivity index (χ4v) is 2.69. The van der Waals surface area contributed by atoms with Gasteiger partial charge in [-0.25, -0.2) is 19.7 Å². The van der Waals surface area contributed by atoms with Gasteiger partial charge in [-0.1, -0.05) is 0 Å².